The average Bonchev–Trinajstić information content (AvgIpc) is 2.94. The van der Waals surface area contributed by atoms with Gasteiger partial charge < -0.3 is 60.4 Å². The normalized spacial score (nSPS) is 45.3. The third-order valence-electron chi connectivity index (χ3n) is 5.03. The van der Waals surface area contributed by atoms with Gasteiger partial charge in [0.25, 0.3) is 0 Å². The summed E-state index contributed by atoms with van der Waals surface area (Å²) in [5, 5.41) is 69.3. The summed E-state index contributed by atoms with van der Waals surface area (Å²) in [5.41, 5.74) is 5.74. The second-order valence-corrected chi connectivity index (χ2v) is 7.08. The standard InChI is InChI=1S/C16H31NO11/c1-2-7(17)4-25-5-9-10(20)12(22)13(23)15(26-9)28-16(6-19)14(24)11(21)8(3-18)27-16/h7-15,18-24H,2-6,17H2,1H3/t7?,8-,9-,10-,11-,12+,13-,14+,15-,16+/m1/s1. The molecule has 0 saturated carbocycles. The molecule has 28 heavy (non-hydrogen) atoms. The Hall–Kier alpha value is -0.480. The minimum absolute atomic E-state index is 0.171. The van der Waals surface area contributed by atoms with Crippen molar-refractivity contribution in [2.75, 3.05) is 26.4 Å². The van der Waals surface area contributed by atoms with Crippen LogP contribution >= 0.6 is 0 Å². The fourth-order valence-corrected chi connectivity index (χ4v) is 3.07. The summed E-state index contributed by atoms with van der Waals surface area (Å²) in [6, 6.07) is -0.222. The van der Waals surface area contributed by atoms with Gasteiger partial charge in [-0.25, -0.2) is 0 Å². The molecule has 0 aromatic carbocycles. The molecule has 0 amide bonds. The number of aliphatic hydroxyl groups is 7. The highest BCUT2D eigenvalue weighted by Gasteiger charge is 2.58. The topological polar surface area (TPSA) is 205 Å². The van der Waals surface area contributed by atoms with Crippen LogP contribution < -0.4 is 5.73 Å². The van der Waals surface area contributed by atoms with Crippen molar-refractivity contribution in [3.05, 3.63) is 0 Å². The van der Waals surface area contributed by atoms with E-state index in [9.17, 15) is 35.7 Å². The van der Waals surface area contributed by atoms with Crippen LogP contribution in [0.5, 0.6) is 0 Å². The van der Waals surface area contributed by atoms with Gasteiger partial charge in [0.15, 0.2) is 6.29 Å². The number of rotatable bonds is 9. The van der Waals surface area contributed by atoms with Gasteiger partial charge in [0, 0.05) is 6.04 Å². The molecule has 2 fully saturated rings. The summed E-state index contributed by atoms with van der Waals surface area (Å²) in [6.45, 7) is 0.279. The summed E-state index contributed by atoms with van der Waals surface area (Å²) in [7, 11) is 0. The van der Waals surface area contributed by atoms with Gasteiger partial charge in [-0.3, -0.25) is 0 Å². The van der Waals surface area contributed by atoms with Crippen molar-refractivity contribution < 1.29 is 54.7 Å². The lowest BCUT2D eigenvalue weighted by molar-refractivity contribution is -0.384. The van der Waals surface area contributed by atoms with E-state index in [-0.39, 0.29) is 19.3 Å². The fraction of sp³-hybridized carbons (Fsp3) is 1.00. The Labute approximate surface area is 162 Å². The van der Waals surface area contributed by atoms with Crippen molar-refractivity contribution in [2.45, 2.75) is 74.2 Å². The van der Waals surface area contributed by atoms with Crippen LogP contribution in [0.25, 0.3) is 0 Å². The Kier molecular flexibility index (Phi) is 8.51. The Morgan fingerprint density at radius 3 is 2.21 bits per heavy atom. The predicted molar refractivity (Wildman–Crippen MR) is 90.6 cm³/mol. The van der Waals surface area contributed by atoms with Crippen molar-refractivity contribution in [1.82, 2.24) is 0 Å². The molecule has 2 rings (SSSR count). The molecule has 0 aliphatic carbocycles. The summed E-state index contributed by atoms with van der Waals surface area (Å²) in [4.78, 5) is 0. The second kappa shape index (κ2) is 10.0. The molecule has 2 saturated heterocycles. The van der Waals surface area contributed by atoms with Gasteiger partial charge >= 0.3 is 0 Å². The zero-order valence-electron chi connectivity index (χ0n) is 15.6. The van der Waals surface area contributed by atoms with Crippen LogP contribution in [-0.4, -0.2) is 123 Å². The van der Waals surface area contributed by atoms with Crippen LogP contribution in [0.1, 0.15) is 13.3 Å². The molecule has 12 nitrogen and oxygen atoms in total. The van der Waals surface area contributed by atoms with E-state index in [1.54, 1.807) is 0 Å². The number of aliphatic hydroxyl groups excluding tert-OH is 7. The quantitative estimate of drug-likeness (QED) is 0.180. The lowest BCUT2D eigenvalue weighted by Crippen LogP contribution is -2.62. The summed E-state index contributed by atoms with van der Waals surface area (Å²) >= 11 is 0. The third kappa shape index (κ3) is 4.80. The fourth-order valence-electron chi connectivity index (χ4n) is 3.07. The van der Waals surface area contributed by atoms with E-state index in [4.69, 9.17) is 24.7 Å². The number of hydrogen-bond acceptors (Lipinski definition) is 12. The first-order chi connectivity index (χ1) is 13.2. The molecule has 166 valence electrons. The summed E-state index contributed by atoms with van der Waals surface area (Å²) in [6.07, 6.45) is -11.6. The molecular formula is C16H31NO11. The Bertz CT molecular complexity index is 486. The van der Waals surface area contributed by atoms with Gasteiger partial charge in [0.05, 0.1) is 19.8 Å². The maximum Gasteiger partial charge on any atom is 0.224 e. The molecule has 0 aromatic heterocycles. The zero-order valence-corrected chi connectivity index (χ0v) is 15.6. The monoisotopic (exact) mass is 413 g/mol. The Balaban J connectivity index is 2.08. The first kappa shape index (κ1) is 23.8. The van der Waals surface area contributed by atoms with Crippen molar-refractivity contribution in [3.8, 4) is 0 Å². The van der Waals surface area contributed by atoms with Crippen LogP contribution in [0.3, 0.4) is 0 Å². The van der Waals surface area contributed by atoms with E-state index in [0.717, 1.165) is 0 Å². The first-order valence-electron chi connectivity index (χ1n) is 9.17. The maximum absolute atomic E-state index is 10.2. The van der Waals surface area contributed by atoms with Crippen LogP contribution in [0.2, 0.25) is 0 Å². The molecular weight excluding hydrogens is 382 g/mol. The minimum Gasteiger partial charge on any atom is -0.394 e. The predicted octanol–water partition coefficient (Wildman–Crippen LogP) is -4.63. The van der Waals surface area contributed by atoms with E-state index in [1.165, 1.54) is 0 Å². The smallest absolute Gasteiger partial charge is 0.224 e. The van der Waals surface area contributed by atoms with Crippen LogP contribution in [0.15, 0.2) is 0 Å². The lowest BCUT2D eigenvalue weighted by Gasteiger charge is -2.43. The third-order valence-corrected chi connectivity index (χ3v) is 5.03. The number of nitrogens with two attached hydrogens (primary N) is 1. The number of ether oxygens (including phenoxy) is 4. The molecule has 2 aliphatic heterocycles. The van der Waals surface area contributed by atoms with Gasteiger partial charge in [-0.15, -0.1) is 0 Å². The Morgan fingerprint density at radius 1 is 1.00 bits per heavy atom. The largest absolute Gasteiger partial charge is 0.394 e. The molecule has 12 heteroatoms. The van der Waals surface area contributed by atoms with E-state index in [2.05, 4.69) is 0 Å². The average molecular weight is 413 g/mol. The van der Waals surface area contributed by atoms with Crippen LogP contribution in [0, 0.1) is 0 Å². The second-order valence-electron chi connectivity index (χ2n) is 7.08. The van der Waals surface area contributed by atoms with Gasteiger partial charge in [0.1, 0.15) is 49.3 Å². The molecule has 0 spiro atoms. The first-order valence-corrected chi connectivity index (χ1v) is 9.17. The number of hydrogen-bond donors (Lipinski definition) is 8. The highest BCUT2D eigenvalue weighted by Crippen LogP contribution is 2.35. The minimum atomic E-state index is -2.21. The van der Waals surface area contributed by atoms with Crippen molar-refractivity contribution in [1.29, 1.82) is 0 Å². The highest BCUT2D eigenvalue weighted by atomic mass is 16.8. The van der Waals surface area contributed by atoms with E-state index < -0.39 is 68.0 Å². The molecule has 2 heterocycles. The molecule has 0 aromatic rings. The zero-order chi connectivity index (χ0) is 21.1. The van der Waals surface area contributed by atoms with E-state index in [1.807, 2.05) is 6.92 Å². The van der Waals surface area contributed by atoms with Gasteiger partial charge in [-0.05, 0) is 6.42 Å². The van der Waals surface area contributed by atoms with Gasteiger partial charge in [-0.1, -0.05) is 6.92 Å². The highest BCUT2D eigenvalue weighted by molar-refractivity contribution is 4.98. The van der Waals surface area contributed by atoms with Gasteiger partial charge in [0.2, 0.25) is 5.79 Å². The maximum atomic E-state index is 10.2. The van der Waals surface area contributed by atoms with Crippen LogP contribution in [0.4, 0.5) is 0 Å². The lowest BCUT2D eigenvalue weighted by atomic mass is 9.99. The molecule has 10 atom stereocenters. The molecule has 0 bridgehead atoms. The molecule has 0 radical (unpaired) electrons. The van der Waals surface area contributed by atoms with E-state index >= 15 is 0 Å². The summed E-state index contributed by atoms with van der Waals surface area (Å²) < 4.78 is 21.4. The Morgan fingerprint density at radius 2 is 1.68 bits per heavy atom. The summed E-state index contributed by atoms with van der Waals surface area (Å²) in [5.74, 6) is -2.21. The van der Waals surface area contributed by atoms with Crippen molar-refractivity contribution in [2.24, 2.45) is 5.73 Å². The van der Waals surface area contributed by atoms with Crippen LogP contribution in [-0.2, 0) is 18.9 Å². The molecule has 1 unspecified atom stereocenters. The SMILES string of the molecule is CCC(N)COC[C@H]1O[C@H](O[C@]2(CO)O[C@H](CO)[C@@H](O)[C@@H]2O)[C@H](O)[C@@H](O)[C@@H]1O. The molecule has 2 aliphatic rings. The molecule has 9 N–H and O–H groups in total. The van der Waals surface area contributed by atoms with Crippen molar-refractivity contribution in [3.63, 3.8) is 0 Å². The van der Waals surface area contributed by atoms with E-state index in [0.29, 0.717) is 6.42 Å². The van der Waals surface area contributed by atoms with Crippen molar-refractivity contribution >= 4 is 0 Å². The van der Waals surface area contributed by atoms with Gasteiger partial charge in [-0.2, -0.15) is 0 Å².